The Hall–Kier alpha value is -2.70. The minimum absolute atomic E-state index is 0.0334. The van der Waals surface area contributed by atoms with Crippen molar-refractivity contribution >= 4 is 12.1 Å². The van der Waals surface area contributed by atoms with Crippen molar-refractivity contribution in [3.8, 4) is 5.69 Å². The third-order valence-corrected chi connectivity index (χ3v) is 3.32. The minimum atomic E-state index is -0.0334. The summed E-state index contributed by atoms with van der Waals surface area (Å²) in [6.45, 7) is 1.07. The first kappa shape index (κ1) is 13.3. The molecule has 0 aromatic carbocycles. The number of fused-ring (bicyclic) bond motifs is 1. The molecule has 0 spiro atoms. The maximum atomic E-state index is 12.4. The molecule has 108 valence electrons. The fourth-order valence-electron chi connectivity index (χ4n) is 2.29. The lowest BCUT2D eigenvalue weighted by Crippen LogP contribution is -2.38. The Balaban J connectivity index is 1.84. The van der Waals surface area contributed by atoms with Crippen LogP contribution in [-0.2, 0) is 11.3 Å². The molecule has 0 fully saturated rings. The first-order chi connectivity index (χ1) is 10.3. The fourth-order valence-corrected chi connectivity index (χ4v) is 2.29. The standard InChI is InChI=1S/C14H15N5O2/c1-21-16-6-8-18-7-4-13-12(14(18)20)10-19(17-13)11-3-2-5-15-9-11/h2-3,5-6,9-10H,4,7-8H2,1H3. The number of carbonyl (C=O) groups excluding carboxylic acids is 1. The van der Waals surface area contributed by atoms with Gasteiger partial charge < -0.3 is 9.74 Å². The number of pyridine rings is 1. The van der Waals surface area contributed by atoms with Crippen molar-refractivity contribution in [2.45, 2.75) is 6.42 Å². The van der Waals surface area contributed by atoms with Crippen LogP contribution in [0.1, 0.15) is 16.1 Å². The number of rotatable bonds is 4. The number of hydrogen-bond acceptors (Lipinski definition) is 5. The zero-order valence-electron chi connectivity index (χ0n) is 11.6. The van der Waals surface area contributed by atoms with Crippen LogP contribution in [0, 0.1) is 0 Å². The first-order valence-electron chi connectivity index (χ1n) is 6.63. The van der Waals surface area contributed by atoms with Crippen molar-refractivity contribution in [1.29, 1.82) is 0 Å². The molecule has 7 nitrogen and oxygen atoms in total. The van der Waals surface area contributed by atoms with Crippen LogP contribution >= 0.6 is 0 Å². The fraction of sp³-hybridized carbons (Fsp3) is 0.286. The summed E-state index contributed by atoms with van der Waals surface area (Å²) in [5.74, 6) is -0.0334. The number of hydrogen-bond donors (Lipinski definition) is 0. The Morgan fingerprint density at radius 1 is 1.52 bits per heavy atom. The van der Waals surface area contributed by atoms with Gasteiger partial charge in [0.05, 0.1) is 35.9 Å². The van der Waals surface area contributed by atoms with Crippen molar-refractivity contribution < 1.29 is 9.63 Å². The molecule has 0 unspecified atom stereocenters. The summed E-state index contributed by atoms with van der Waals surface area (Å²) in [6, 6.07) is 3.74. The van der Waals surface area contributed by atoms with Crippen molar-refractivity contribution in [2.24, 2.45) is 5.16 Å². The van der Waals surface area contributed by atoms with Crippen LogP contribution in [-0.4, -0.2) is 52.0 Å². The number of nitrogens with zero attached hydrogens (tertiary/aromatic N) is 5. The lowest BCUT2D eigenvalue weighted by Gasteiger charge is -2.24. The molecule has 1 amide bonds. The van der Waals surface area contributed by atoms with E-state index < -0.39 is 0 Å². The Bertz CT molecular complexity index is 665. The highest BCUT2D eigenvalue weighted by molar-refractivity contribution is 5.97. The van der Waals surface area contributed by atoms with E-state index in [1.54, 1.807) is 34.4 Å². The van der Waals surface area contributed by atoms with E-state index in [9.17, 15) is 4.79 Å². The quantitative estimate of drug-likeness (QED) is 0.618. The van der Waals surface area contributed by atoms with Crippen LogP contribution < -0.4 is 0 Å². The van der Waals surface area contributed by atoms with E-state index in [4.69, 9.17) is 0 Å². The van der Waals surface area contributed by atoms with Gasteiger partial charge in [-0.15, -0.1) is 0 Å². The largest absolute Gasteiger partial charge is 0.399 e. The third kappa shape index (κ3) is 2.62. The third-order valence-electron chi connectivity index (χ3n) is 3.32. The van der Waals surface area contributed by atoms with Crippen LogP contribution in [0.25, 0.3) is 5.69 Å². The van der Waals surface area contributed by atoms with E-state index in [1.165, 1.54) is 7.11 Å². The highest BCUT2D eigenvalue weighted by Gasteiger charge is 2.27. The molecular formula is C14H15N5O2. The van der Waals surface area contributed by atoms with Crippen molar-refractivity contribution in [2.75, 3.05) is 20.2 Å². The zero-order valence-corrected chi connectivity index (χ0v) is 11.6. The van der Waals surface area contributed by atoms with Crippen LogP contribution in [0.5, 0.6) is 0 Å². The molecule has 1 aliphatic rings. The summed E-state index contributed by atoms with van der Waals surface area (Å²) in [5, 5.41) is 8.13. The highest BCUT2D eigenvalue weighted by Crippen LogP contribution is 2.19. The molecule has 0 N–H and O–H groups in total. The Morgan fingerprint density at radius 2 is 2.43 bits per heavy atom. The highest BCUT2D eigenvalue weighted by atomic mass is 16.6. The van der Waals surface area contributed by atoms with Gasteiger partial charge in [0.2, 0.25) is 0 Å². The summed E-state index contributed by atoms with van der Waals surface area (Å²) >= 11 is 0. The van der Waals surface area contributed by atoms with E-state index in [0.29, 0.717) is 18.7 Å². The predicted octanol–water partition coefficient (Wildman–Crippen LogP) is 0.898. The first-order valence-corrected chi connectivity index (χ1v) is 6.63. The van der Waals surface area contributed by atoms with Crippen molar-refractivity contribution in [3.05, 3.63) is 42.0 Å². The average molecular weight is 285 g/mol. The van der Waals surface area contributed by atoms with Crippen LogP contribution in [0.15, 0.2) is 35.9 Å². The van der Waals surface area contributed by atoms with Gasteiger partial charge in [0.1, 0.15) is 7.11 Å². The molecule has 0 radical (unpaired) electrons. The molecule has 0 saturated heterocycles. The molecule has 21 heavy (non-hydrogen) atoms. The lowest BCUT2D eigenvalue weighted by molar-refractivity contribution is 0.0764. The number of oxime groups is 1. The molecule has 3 rings (SSSR count). The van der Waals surface area contributed by atoms with Gasteiger partial charge in [0.15, 0.2) is 0 Å². The topological polar surface area (TPSA) is 72.6 Å². The molecule has 1 aliphatic heterocycles. The average Bonchev–Trinajstić information content (AvgIpc) is 2.96. The Kier molecular flexibility index (Phi) is 3.63. The second-order valence-electron chi connectivity index (χ2n) is 4.62. The molecule has 0 saturated carbocycles. The smallest absolute Gasteiger partial charge is 0.257 e. The van der Waals surface area contributed by atoms with E-state index in [0.717, 1.165) is 17.8 Å². The second-order valence-corrected chi connectivity index (χ2v) is 4.62. The summed E-state index contributed by atoms with van der Waals surface area (Å²) in [4.78, 5) is 22.8. The molecule has 3 heterocycles. The molecule has 0 aliphatic carbocycles. The van der Waals surface area contributed by atoms with Gasteiger partial charge in [-0.2, -0.15) is 5.10 Å². The van der Waals surface area contributed by atoms with Crippen molar-refractivity contribution in [1.82, 2.24) is 19.7 Å². The second kappa shape index (κ2) is 5.74. The normalized spacial score (nSPS) is 14.5. The van der Waals surface area contributed by atoms with Crippen LogP contribution in [0.3, 0.4) is 0 Å². The van der Waals surface area contributed by atoms with Gasteiger partial charge in [0, 0.05) is 25.4 Å². The summed E-state index contributed by atoms with van der Waals surface area (Å²) in [6.07, 6.45) is 7.48. The van der Waals surface area contributed by atoms with E-state index in [-0.39, 0.29) is 5.91 Å². The van der Waals surface area contributed by atoms with Gasteiger partial charge in [0.25, 0.3) is 5.91 Å². The van der Waals surface area contributed by atoms with Gasteiger partial charge >= 0.3 is 0 Å². The van der Waals surface area contributed by atoms with Gasteiger partial charge in [-0.3, -0.25) is 9.78 Å². The molecule has 7 heteroatoms. The molecule has 0 atom stereocenters. The zero-order chi connectivity index (χ0) is 14.7. The summed E-state index contributed by atoms with van der Waals surface area (Å²) in [5.41, 5.74) is 2.30. The Labute approximate surface area is 121 Å². The Morgan fingerprint density at radius 3 is 3.19 bits per heavy atom. The van der Waals surface area contributed by atoms with Crippen molar-refractivity contribution in [3.63, 3.8) is 0 Å². The summed E-state index contributed by atoms with van der Waals surface area (Å²) < 4.78 is 1.70. The maximum Gasteiger partial charge on any atom is 0.257 e. The van der Waals surface area contributed by atoms with Gasteiger partial charge in [-0.25, -0.2) is 4.68 Å². The molecule has 2 aromatic heterocycles. The van der Waals surface area contributed by atoms with E-state index in [1.807, 2.05) is 12.1 Å². The monoisotopic (exact) mass is 285 g/mol. The number of amides is 1. The van der Waals surface area contributed by atoms with Gasteiger partial charge in [-0.1, -0.05) is 5.16 Å². The predicted molar refractivity (Wildman–Crippen MR) is 76.5 cm³/mol. The summed E-state index contributed by atoms with van der Waals surface area (Å²) in [7, 11) is 1.48. The van der Waals surface area contributed by atoms with Crippen LogP contribution in [0.4, 0.5) is 0 Å². The lowest BCUT2D eigenvalue weighted by atomic mass is 10.1. The van der Waals surface area contributed by atoms with Gasteiger partial charge in [-0.05, 0) is 12.1 Å². The molecule has 0 bridgehead atoms. The van der Waals surface area contributed by atoms with Crippen LogP contribution in [0.2, 0.25) is 0 Å². The number of aromatic nitrogens is 3. The maximum absolute atomic E-state index is 12.4. The molecule has 2 aromatic rings. The minimum Gasteiger partial charge on any atom is -0.399 e. The molecular weight excluding hydrogens is 270 g/mol. The number of carbonyl (C=O) groups is 1. The van der Waals surface area contributed by atoms with E-state index >= 15 is 0 Å². The van der Waals surface area contributed by atoms with E-state index in [2.05, 4.69) is 20.1 Å². The SMILES string of the molecule is CON=CCN1CCc2nn(-c3cccnc3)cc2C1=O.